The van der Waals surface area contributed by atoms with Crippen LogP contribution < -0.4 is 4.74 Å². The van der Waals surface area contributed by atoms with Gasteiger partial charge in [-0.15, -0.1) is 0 Å². The Morgan fingerprint density at radius 1 is 1.52 bits per heavy atom. The number of rotatable bonds is 6. The lowest BCUT2D eigenvalue weighted by atomic mass is 10.0. The molecule has 0 spiro atoms. The van der Waals surface area contributed by atoms with Gasteiger partial charge in [0, 0.05) is 16.6 Å². The number of aliphatic carboxylic acids is 1. The van der Waals surface area contributed by atoms with Gasteiger partial charge in [-0.2, -0.15) is 0 Å². The van der Waals surface area contributed by atoms with Crippen molar-refractivity contribution < 1.29 is 14.6 Å². The molecule has 21 heavy (non-hydrogen) atoms. The highest BCUT2D eigenvalue weighted by Crippen LogP contribution is 2.37. The molecule has 1 fully saturated rings. The van der Waals surface area contributed by atoms with Gasteiger partial charge in [-0.1, -0.05) is 18.5 Å². The van der Waals surface area contributed by atoms with E-state index >= 15 is 0 Å². The van der Waals surface area contributed by atoms with Crippen LogP contribution in [0, 0.1) is 0 Å². The average Bonchev–Trinajstić information content (AvgIpc) is 2.92. The van der Waals surface area contributed by atoms with E-state index in [9.17, 15) is 9.90 Å². The van der Waals surface area contributed by atoms with Crippen molar-refractivity contribution in [2.45, 2.75) is 45.2 Å². The summed E-state index contributed by atoms with van der Waals surface area (Å²) in [7, 11) is 0. The van der Waals surface area contributed by atoms with Gasteiger partial charge < -0.3 is 9.84 Å². The van der Waals surface area contributed by atoms with Gasteiger partial charge in [0.2, 0.25) is 0 Å². The normalized spacial score (nSPS) is 20.4. The number of benzene rings is 1. The summed E-state index contributed by atoms with van der Waals surface area (Å²) >= 11 is 6.13. The molecule has 2 unspecified atom stereocenters. The van der Waals surface area contributed by atoms with Gasteiger partial charge in [-0.25, -0.2) is 0 Å². The van der Waals surface area contributed by atoms with Crippen molar-refractivity contribution >= 4 is 17.6 Å². The third-order valence-corrected chi connectivity index (χ3v) is 4.23. The first kappa shape index (κ1) is 16.1. The van der Waals surface area contributed by atoms with E-state index in [1.807, 2.05) is 19.1 Å². The molecule has 0 radical (unpaired) electrons. The summed E-state index contributed by atoms with van der Waals surface area (Å²) in [5, 5.41) is 10.1. The Bertz CT molecular complexity index is 506. The number of likely N-dealkylation sites (tertiary alicyclic amines) is 1. The predicted molar refractivity (Wildman–Crippen MR) is 83.0 cm³/mol. The highest BCUT2D eigenvalue weighted by Gasteiger charge is 2.36. The molecule has 1 aliphatic heterocycles. The number of nitrogens with zero attached hydrogens (tertiary/aromatic N) is 1. The van der Waals surface area contributed by atoms with E-state index in [0.717, 1.165) is 30.7 Å². The second kappa shape index (κ2) is 7.14. The molecule has 1 N–H and O–H groups in total. The van der Waals surface area contributed by atoms with E-state index in [1.54, 1.807) is 6.07 Å². The maximum Gasteiger partial charge on any atom is 0.320 e. The first-order valence-electron chi connectivity index (χ1n) is 7.49. The lowest BCUT2D eigenvalue weighted by Crippen LogP contribution is -2.38. The summed E-state index contributed by atoms with van der Waals surface area (Å²) in [6, 6.07) is 5.19. The van der Waals surface area contributed by atoms with E-state index in [-0.39, 0.29) is 6.04 Å². The molecule has 116 valence electrons. The Kier molecular flexibility index (Phi) is 5.48. The molecule has 0 aromatic heterocycles. The molecule has 2 atom stereocenters. The molecule has 4 nitrogen and oxygen atoms in total. The van der Waals surface area contributed by atoms with Crippen LogP contribution in [-0.2, 0) is 4.79 Å². The summed E-state index contributed by atoms with van der Waals surface area (Å²) in [6.45, 7) is 5.38. The highest BCUT2D eigenvalue weighted by molar-refractivity contribution is 6.30. The van der Waals surface area contributed by atoms with Gasteiger partial charge in [0.05, 0.1) is 6.61 Å². The third-order valence-electron chi connectivity index (χ3n) is 4.00. The van der Waals surface area contributed by atoms with Crippen molar-refractivity contribution in [2.24, 2.45) is 0 Å². The SMILES string of the molecule is CCOc1ccc(Cl)cc1C(CC)N1CCCC1C(=O)O. The van der Waals surface area contributed by atoms with Gasteiger partial charge in [-0.3, -0.25) is 9.69 Å². The molecule has 1 aromatic rings. The van der Waals surface area contributed by atoms with Crippen LogP contribution in [0.15, 0.2) is 18.2 Å². The highest BCUT2D eigenvalue weighted by atomic mass is 35.5. The second-order valence-corrected chi connectivity index (χ2v) is 5.71. The van der Waals surface area contributed by atoms with Crippen LogP contribution in [0.1, 0.15) is 44.7 Å². The standard InChI is InChI=1S/C16H22ClNO3/c1-3-13(18-9-5-6-14(18)16(19)20)12-10-11(17)7-8-15(12)21-4-2/h7-8,10,13-14H,3-6,9H2,1-2H3,(H,19,20). The monoisotopic (exact) mass is 311 g/mol. The van der Waals surface area contributed by atoms with Crippen molar-refractivity contribution in [1.82, 2.24) is 4.90 Å². The van der Waals surface area contributed by atoms with Gasteiger partial charge in [0.15, 0.2) is 0 Å². The number of hydrogen-bond acceptors (Lipinski definition) is 3. The van der Waals surface area contributed by atoms with Crippen LogP contribution >= 0.6 is 11.6 Å². The Morgan fingerprint density at radius 2 is 2.29 bits per heavy atom. The maximum atomic E-state index is 11.4. The molecule has 1 heterocycles. The number of carbonyl (C=O) groups is 1. The van der Waals surface area contributed by atoms with Gasteiger partial charge in [0.25, 0.3) is 0 Å². The number of hydrogen-bond donors (Lipinski definition) is 1. The molecule has 5 heteroatoms. The molecule has 0 aliphatic carbocycles. The molecule has 1 aliphatic rings. The van der Waals surface area contributed by atoms with Crippen LogP contribution in [0.2, 0.25) is 5.02 Å². The summed E-state index contributed by atoms with van der Waals surface area (Å²) in [5.74, 6) is 0.0516. The van der Waals surface area contributed by atoms with Crippen molar-refractivity contribution in [3.63, 3.8) is 0 Å². The van der Waals surface area contributed by atoms with E-state index < -0.39 is 12.0 Å². The third kappa shape index (κ3) is 3.50. The molecule has 1 aromatic carbocycles. The van der Waals surface area contributed by atoms with E-state index in [4.69, 9.17) is 16.3 Å². The molecular weight excluding hydrogens is 290 g/mol. The van der Waals surface area contributed by atoms with Crippen LogP contribution in [0.5, 0.6) is 5.75 Å². The van der Waals surface area contributed by atoms with E-state index in [1.165, 1.54) is 0 Å². The zero-order valence-electron chi connectivity index (χ0n) is 12.5. The molecular formula is C16H22ClNO3. The molecule has 0 saturated carbocycles. The van der Waals surface area contributed by atoms with Crippen molar-refractivity contribution in [3.8, 4) is 5.75 Å². The molecule has 0 amide bonds. The first-order chi connectivity index (χ1) is 10.1. The van der Waals surface area contributed by atoms with E-state index in [0.29, 0.717) is 18.1 Å². The van der Waals surface area contributed by atoms with Crippen molar-refractivity contribution in [2.75, 3.05) is 13.2 Å². The predicted octanol–water partition coefficient (Wildman–Crippen LogP) is 3.74. The Labute approximate surface area is 130 Å². The van der Waals surface area contributed by atoms with Crippen LogP contribution in [0.25, 0.3) is 0 Å². The second-order valence-electron chi connectivity index (χ2n) is 5.27. The zero-order valence-corrected chi connectivity index (χ0v) is 13.3. The zero-order chi connectivity index (χ0) is 15.4. The van der Waals surface area contributed by atoms with Gasteiger partial charge >= 0.3 is 5.97 Å². The summed E-state index contributed by atoms with van der Waals surface area (Å²) in [4.78, 5) is 13.5. The number of halogens is 1. The maximum absolute atomic E-state index is 11.4. The summed E-state index contributed by atoms with van der Waals surface area (Å²) in [6.07, 6.45) is 2.44. The first-order valence-corrected chi connectivity index (χ1v) is 7.87. The Hall–Kier alpha value is -1.26. The fraction of sp³-hybridized carbons (Fsp3) is 0.562. The van der Waals surface area contributed by atoms with E-state index in [2.05, 4.69) is 11.8 Å². The lowest BCUT2D eigenvalue weighted by Gasteiger charge is -2.31. The number of carboxylic acid groups (broad SMARTS) is 1. The molecule has 0 bridgehead atoms. The average molecular weight is 312 g/mol. The van der Waals surface area contributed by atoms with Gasteiger partial charge in [-0.05, 0) is 50.9 Å². The molecule has 2 rings (SSSR count). The number of carboxylic acids is 1. The Balaban J connectivity index is 2.36. The van der Waals surface area contributed by atoms with Crippen LogP contribution in [0.3, 0.4) is 0 Å². The van der Waals surface area contributed by atoms with Crippen LogP contribution in [-0.4, -0.2) is 35.2 Å². The summed E-state index contributed by atoms with van der Waals surface area (Å²) in [5.41, 5.74) is 0.986. The van der Waals surface area contributed by atoms with Gasteiger partial charge in [0.1, 0.15) is 11.8 Å². The molecule has 1 saturated heterocycles. The van der Waals surface area contributed by atoms with Crippen molar-refractivity contribution in [3.05, 3.63) is 28.8 Å². The minimum atomic E-state index is -0.745. The fourth-order valence-electron chi connectivity index (χ4n) is 3.13. The minimum absolute atomic E-state index is 0.0221. The van der Waals surface area contributed by atoms with Crippen molar-refractivity contribution in [1.29, 1.82) is 0 Å². The lowest BCUT2D eigenvalue weighted by molar-refractivity contribution is -0.143. The largest absolute Gasteiger partial charge is 0.494 e. The summed E-state index contributed by atoms with van der Waals surface area (Å²) < 4.78 is 5.70. The van der Waals surface area contributed by atoms with Crippen LogP contribution in [0.4, 0.5) is 0 Å². The quantitative estimate of drug-likeness (QED) is 0.869. The minimum Gasteiger partial charge on any atom is -0.494 e. The fourth-order valence-corrected chi connectivity index (χ4v) is 3.31. The smallest absolute Gasteiger partial charge is 0.320 e. The number of ether oxygens (including phenoxy) is 1. The topological polar surface area (TPSA) is 49.8 Å². The Morgan fingerprint density at radius 3 is 2.90 bits per heavy atom.